The van der Waals surface area contributed by atoms with Crippen molar-refractivity contribution in [1.29, 1.82) is 5.26 Å². The number of nitrogens with one attached hydrogen (secondary N) is 2. The van der Waals surface area contributed by atoms with Gasteiger partial charge in [0, 0.05) is 30.0 Å². The van der Waals surface area contributed by atoms with E-state index in [1.54, 1.807) is 7.11 Å². The second kappa shape index (κ2) is 8.29. The van der Waals surface area contributed by atoms with Crippen molar-refractivity contribution in [3.63, 3.8) is 0 Å². The molecule has 0 aliphatic carbocycles. The summed E-state index contributed by atoms with van der Waals surface area (Å²) in [4.78, 5) is 11.6. The number of benzene rings is 1. The molecular weight excluding hydrogens is 310 g/mol. The highest BCUT2D eigenvalue weighted by Gasteiger charge is 2.07. The highest BCUT2D eigenvalue weighted by Crippen LogP contribution is 2.14. The summed E-state index contributed by atoms with van der Waals surface area (Å²) < 4.78 is 5.77. The Balaban J connectivity index is 2.59. The lowest BCUT2D eigenvalue weighted by Crippen LogP contribution is -2.28. The monoisotopic (exact) mass is 323 g/mol. The molecule has 0 aliphatic heterocycles. The first-order valence-corrected chi connectivity index (χ1v) is 6.36. The second-order valence-corrected chi connectivity index (χ2v) is 4.49. The molecule has 1 rings (SSSR count). The molecule has 0 saturated heterocycles. The Bertz CT molecular complexity index is 492. The number of rotatable bonds is 6. The Morgan fingerprint density at radius 2 is 2.16 bits per heavy atom. The minimum absolute atomic E-state index is 0.0130. The second-order valence-electron chi connectivity index (χ2n) is 3.57. The van der Waals surface area contributed by atoms with Gasteiger partial charge in [-0.15, -0.1) is 0 Å². The first kappa shape index (κ1) is 15.2. The molecular formula is C13H14BrN3O2. The van der Waals surface area contributed by atoms with E-state index in [4.69, 9.17) is 10.00 Å². The first-order chi connectivity index (χ1) is 9.17. The van der Waals surface area contributed by atoms with Gasteiger partial charge in [-0.1, -0.05) is 15.9 Å². The van der Waals surface area contributed by atoms with Crippen molar-refractivity contribution in [3.05, 3.63) is 40.5 Å². The number of carbonyl (C=O) groups is 1. The predicted molar refractivity (Wildman–Crippen MR) is 76.3 cm³/mol. The molecule has 1 aromatic rings. The lowest BCUT2D eigenvalue weighted by atomic mass is 10.3. The Kier molecular flexibility index (Phi) is 6.64. The van der Waals surface area contributed by atoms with Crippen molar-refractivity contribution < 1.29 is 9.53 Å². The molecule has 100 valence electrons. The van der Waals surface area contributed by atoms with Crippen molar-refractivity contribution in [3.8, 4) is 6.07 Å². The summed E-state index contributed by atoms with van der Waals surface area (Å²) in [6.07, 6.45) is 1.38. The molecule has 0 radical (unpaired) electrons. The Hall–Kier alpha value is -1.84. The molecule has 19 heavy (non-hydrogen) atoms. The van der Waals surface area contributed by atoms with Crippen LogP contribution in [0, 0.1) is 11.3 Å². The summed E-state index contributed by atoms with van der Waals surface area (Å²) in [5, 5.41) is 14.4. The largest absolute Gasteiger partial charge is 0.383 e. The van der Waals surface area contributed by atoms with Crippen LogP contribution in [0.15, 0.2) is 40.5 Å². The maximum atomic E-state index is 11.6. The minimum Gasteiger partial charge on any atom is -0.383 e. The van der Waals surface area contributed by atoms with Gasteiger partial charge in [0.2, 0.25) is 0 Å². The summed E-state index contributed by atoms with van der Waals surface area (Å²) in [7, 11) is 1.54. The fourth-order valence-corrected chi connectivity index (χ4v) is 1.48. The van der Waals surface area contributed by atoms with Crippen LogP contribution in [-0.2, 0) is 9.53 Å². The predicted octanol–water partition coefficient (Wildman–Crippen LogP) is 2.03. The summed E-state index contributed by atoms with van der Waals surface area (Å²) >= 11 is 3.33. The zero-order valence-corrected chi connectivity index (χ0v) is 12.0. The number of hydrogen-bond acceptors (Lipinski definition) is 4. The minimum atomic E-state index is -0.427. The average molecular weight is 324 g/mol. The molecule has 6 heteroatoms. The van der Waals surface area contributed by atoms with Gasteiger partial charge in [-0.25, -0.2) is 0 Å². The van der Waals surface area contributed by atoms with Crippen LogP contribution in [-0.4, -0.2) is 26.2 Å². The van der Waals surface area contributed by atoms with Gasteiger partial charge in [0.15, 0.2) is 0 Å². The zero-order valence-electron chi connectivity index (χ0n) is 10.4. The van der Waals surface area contributed by atoms with Crippen LogP contribution in [0.2, 0.25) is 0 Å². The van der Waals surface area contributed by atoms with E-state index < -0.39 is 5.91 Å². The van der Waals surface area contributed by atoms with E-state index in [1.165, 1.54) is 6.20 Å². The normalized spacial score (nSPS) is 10.7. The van der Waals surface area contributed by atoms with Crippen molar-refractivity contribution >= 4 is 27.5 Å². The molecule has 0 aromatic heterocycles. The first-order valence-electron chi connectivity index (χ1n) is 5.57. The molecule has 0 fully saturated rings. The number of nitriles is 1. The fourth-order valence-electron chi connectivity index (χ4n) is 1.21. The molecule has 0 saturated carbocycles. The molecule has 2 N–H and O–H groups in total. The van der Waals surface area contributed by atoms with Crippen molar-refractivity contribution in [2.24, 2.45) is 0 Å². The molecule has 0 aliphatic rings. The third-order valence-electron chi connectivity index (χ3n) is 2.18. The van der Waals surface area contributed by atoms with Gasteiger partial charge in [-0.3, -0.25) is 4.79 Å². The van der Waals surface area contributed by atoms with E-state index in [9.17, 15) is 4.79 Å². The SMILES string of the molecule is COCCNC(=O)/C(C#N)=C\Nc1ccc(Br)cc1. The van der Waals surface area contributed by atoms with Gasteiger partial charge < -0.3 is 15.4 Å². The Morgan fingerprint density at radius 3 is 2.74 bits per heavy atom. The van der Waals surface area contributed by atoms with Crippen LogP contribution in [0.3, 0.4) is 0 Å². The third-order valence-corrected chi connectivity index (χ3v) is 2.71. The molecule has 0 atom stereocenters. The molecule has 0 spiro atoms. The van der Waals surface area contributed by atoms with Crippen LogP contribution >= 0.6 is 15.9 Å². The van der Waals surface area contributed by atoms with Crippen molar-refractivity contribution in [1.82, 2.24) is 5.32 Å². The van der Waals surface area contributed by atoms with E-state index in [2.05, 4.69) is 26.6 Å². The average Bonchev–Trinajstić information content (AvgIpc) is 2.42. The van der Waals surface area contributed by atoms with Crippen molar-refractivity contribution in [2.75, 3.05) is 25.6 Å². The van der Waals surface area contributed by atoms with Crippen LogP contribution < -0.4 is 10.6 Å². The fraction of sp³-hybridized carbons (Fsp3) is 0.231. The standard InChI is InChI=1S/C13H14BrN3O2/c1-19-7-6-16-13(18)10(8-15)9-17-12-4-2-11(14)3-5-12/h2-5,9,17H,6-7H2,1H3,(H,16,18)/b10-9-. The Morgan fingerprint density at radius 1 is 1.47 bits per heavy atom. The lowest BCUT2D eigenvalue weighted by Gasteiger charge is -2.04. The van der Waals surface area contributed by atoms with Gasteiger partial charge in [0.1, 0.15) is 11.6 Å². The Labute approximate surface area is 120 Å². The van der Waals surface area contributed by atoms with Crippen LogP contribution in [0.5, 0.6) is 0 Å². The van der Waals surface area contributed by atoms with E-state index >= 15 is 0 Å². The quantitative estimate of drug-likeness (QED) is 0.477. The van der Waals surface area contributed by atoms with Crippen LogP contribution in [0.4, 0.5) is 5.69 Å². The number of amides is 1. The topological polar surface area (TPSA) is 74.1 Å². The van der Waals surface area contributed by atoms with E-state index in [0.29, 0.717) is 13.2 Å². The van der Waals surface area contributed by atoms with Gasteiger partial charge in [-0.05, 0) is 24.3 Å². The smallest absolute Gasteiger partial charge is 0.263 e. The number of carbonyl (C=O) groups excluding carboxylic acids is 1. The van der Waals surface area contributed by atoms with E-state index in [1.807, 2.05) is 30.3 Å². The van der Waals surface area contributed by atoms with Gasteiger partial charge in [0.05, 0.1) is 6.61 Å². The highest BCUT2D eigenvalue weighted by atomic mass is 79.9. The number of nitrogens with zero attached hydrogens (tertiary/aromatic N) is 1. The molecule has 1 aromatic carbocycles. The number of halogens is 1. The highest BCUT2D eigenvalue weighted by molar-refractivity contribution is 9.10. The summed E-state index contributed by atoms with van der Waals surface area (Å²) in [5.41, 5.74) is 0.805. The third kappa shape index (κ3) is 5.55. The van der Waals surface area contributed by atoms with E-state index in [-0.39, 0.29) is 5.57 Å². The number of methoxy groups -OCH3 is 1. The van der Waals surface area contributed by atoms with Crippen LogP contribution in [0.1, 0.15) is 0 Å². The summed E-state index contributed by atoms with van der Waals surface area (Å²) in [6, 6.07) is 9.23. The molecule has 0 unspecified atom stereocenters. The van der Waals surface area contributed by atoms with Gasteiger partial charge in [0.25, 0.3) is 5.91 Å². The summed E-state index contributed by atoms with van der Waals surface area (Å²) in [6.45, 7) is 0.775. The molecule has 0 heterocycles. The molecule has 1 amide bonds. The van der Waals surface area contributed by atoms with E-state index in [0.717, 1.165) is 10.2 Å². The maximum Gasteiger partial charge on any atom is 0.263 e. The summed E-state index contributed by atoms with van der Waals surface area (Å²) in [5.74, 6) is -0.427. The molecule has 5 nitrogen and oxygen atoms in total. The number of hydrogen-bond donors (Lipinski definition) is 2. The van der Waals surface area contributed by atoms with Crippen LogP contribution in [0.25, 0.3) is 0 Å². The number of anilines is 1. The van der Waals surface area contributed by atoms with Crippen molar-refractivity contribution in [2.45, 2.75) is 0 Å². The maximum absolute atomic E-state index is 11.6. The zero-order chi connectivity index (χ0) is 14.1. The lowest BCUT2D eigenvalue weighted by molar-refractivity contribution is -0.117. The van der Waals surface area contributed by atoms with Gasteiger partial charge >= 0.3 is 0 Å². The number of ether oxygens (including phenoxy) is 1. The molecule has 0 bridgehead atoms. The van der Waals surface area contributed by atoms with Gasteiger partial charge in [-0.2, -0.15) is 5.26 Å².